The average molecular weight is 493 g/mol. The SMILES string of the molecule is O=C(CSc1nnc(-c2ccc(Br)cc2)o1)Nc1cc(C(F)(F)F)ccc1Cl. The Morgan fingerprint density at radius 2 is 1.89 bits per heavy atom. The van der Waals surface area contributed by atoms with Crippen molar-refractivity contribution in [3.63, 3.8) is 0 Å². The molecule has 3 rings (SSSR count). The van der Waals surface area contributed by atoms with Crippen molar-refractivity contribution < 1.29 is 22.4 Å². The van der Waals surface area contributed by atoms with Gasteiger partial charge >= 0.3 is 6.18 Å². The van der Waals surface area contributed by atoms with Crippen LogP contribution in [0.25, 0.3) is 11.5 Å². The van der Waals surface area contributed by atoms with Crippen LogP contribution in [0.1, 0.15) is 5.56 Å². The van der Waals surface area contributed by atoms with E-state index in [9.17, 15) is 18.0 Å². The molecular weight excluding hydrogens is 483 g/mol. The van der Waals surface area contributed by atoms with Crippen molar-refractivity contribution in [2.45, 2.75) is 11.4 Å². The van der Waals surface area contributed by atoms with Crippen LogP contribution in [-0.2, 0) is 11.0 Å². The molecule has 2 aromatic carbocycles. The van der Waals surface area contributed by atoms with Crippen LogP contribution in [0.3, 0.4) is 0 Å². The smallest absolute Gasteiger partial charge is 0.411 e. The van der Waals surface area contributed by atoms with Gasteiger partial charge in [0.1, 0.15) is 0 Å². The number of carbonyl (C=O) groups excluding carboxylic acids is 1. The first-order valence-electron chi connectivity index (χ1n) is 7.61. The number of halogens is 5. The zero-order valence-electron chi connectivity index (χ0n) is 13.8. The minimum atomic E-state index is -4.54. The molecule has 0 radical (unpaired) electrons. The third kappa shape index (κ3) is 5.27. The first-order valence-corrected chi connectivity index (χ1v) is 9.77. The van der Waals surface area contributed by atoms with E-state index in [1.54, 1.807) is 12.1 Å². The minimum absolute atomic E-state index is 0.00154. The van der Waals surface area contributed by atoms with Gasteiger partial charge in [-0.05, 0) is 42.5 Å². The molecule has 0 saturated heterocycles. The van der Waals surface area contributed by atoms with Gasteiger partial charge in [-0.1, -0.05) is 39.3 Å². The van der Waals surface area contributed by atoms with Crippen LogP contribution >= 0.6 is 39.3 Å². The van der Waals surface area contributed by atoms with Crippen LogP contribution in [0.2, 0.25) is 5.02 Å². The zero-order valence-corrected chi connectivity index (χ0v) is 16.9. The Kier molecular flexibility index (Phi) is 6.31. The number of thioether (sulfide) groups is 1. The molecule has 146 valence electrons. The first kappa shape index (κ1) is 20.7. The molecule has 0 unspecified atom stereocenters. The number of nitrogens with one attached hydrogen (secondary N) is 1. The van der Waals surface area contributed by atoms with Gasteiger partial charge in [-0.25, -0.2) is 0 Å². The fourth-order valence-electron chi connectivity index (χ4n) is 2.09. The maximum absolute atomic E-state index is 12.8. The van der Waals surface area contributed by atoms with E-state index in [1.807, 2.05) is 12.1 Å². The number of alkyl halides is 3. The predicted octanol–water partition coefficient (Wildman–Crippen LogP) is 5.90. The molecule has 28 heavy (non-hydrogen) atoms. The second kappa shape index (κ2) is 8.54. The molecule has 11 heteroatoms. The van der Waals surface area contributed by atoms with Gasteiger partial charge in [0.05, 0.1) is 22.0 Å². The summed E-state index contributed by atoms with van der Waals surface area (Å²) in [4.78, 5) is 12.0. The van der Waals surface area contributed by atoms with Crippen LogP contribution in [0, 0.1) is 0 Å². The Labute approximate surface area is 174 Å². The van der Waals surface area contributed by atoms with Crippen LogP contribution < -0.4 is 5.32 Å². The molecule has 1 aromatic heterocycles. The summed E-state index contributed by atoms with van der Waals surface area (Å²) in [7, 11) is 0. The third-order valence-corrected chi connectivity index (χ3v) is 5.07. The van der Waals surface area contributed by atoms with Gasteiger partial charge in [-0.3, -0.25) is 4.79 Å². The van der Waals surface area contributed by atoms with Crippen molar-refractivity contribution in [3.05, 3.63) is 57.5 Å². The van der Waals surface area contributed by atoms with Crippen molar-refractivity contribution >= 4 is 50.9 Å². The lowest BCUT2D eigenvalue weighted by Gasteiger charge is -2.11. The highest BCUT2D eigenvalue weighted by Gasteiger charge is 2.31. The second-order valence-electron chi connectivity index (χ2n) is 5.41. The van der Waals surface area contributed by atoms with E-state index >= 15 is 0 Å². The number of anilines is 1. The highest BCUT2D eigenvalue weighted by molar-refractivity contribution is 9.10. The fourth-order valence-corrected chi connectivity index (χ4v) is 3.08. The van der Waals surface area contributed by atoms with Crippen molar-refractivity contribution in [2.24, 2.45) is 0 Å². The Balaban J connectivity index is 1.61. The highest BCUT2D eigenvalue weighted by Crippen LogP contribution is 2.34. The number of nitrogens with zero attached hydrogens (tertiary/aromatic N) is 2. The molecule has 1 heterocycles. The van der Waals surface area contributed by atoms with Crippen molar-refractivity contribution in [2.75, 3.05) is 11.1 Å². The molecule has 0 aliphatic rings. The van der Waals surface area contributed by atoms with Crippen LogP contribution in [0.4, 0.5) is 18.9 Å². The Morgan fingerprint density at radius 3 is 2.57 bits per heavy atom. The summed E-state index contributed by atoms with van der Waals surface area (Å²) in [6, 6.07) is 9.91. The summed E-state index contributed by atoms with van der Waals surface area (Å²) in [6.07, 6.45) is -4.54. The lowest BCUT2D eigenvalue weighted by atomic mass is 10.2. The summed E-state index contributed by atoms with van der Waals surface area (Å²) < 4.78 is 44.7. The molecular formula is C17H10BrClF3N3O2S. The number of hydrogen-bond acceptors (Lipinski definition) is 5. The van der Waals surface area contributed by atoms with Crippen molar-refractivity contribution in [1.82, 2.24) is 10.2 Å². The molecule has 0 saturated carbocycles. The van der Waals surface area contributed by atoms with Crippen molar-refractivity contribution in [3.8, 4) is 11.5 Å². The largest absolute Gasteiger partial charge is 0.416 e. The number of carbonyl (C=O) groups is 1. The normalized spacial score (nSPS) is 11.5. The van der Waals surface area contributed by atoms with Gasteiger partial charge in [-0.15, -0.1) is 10.2 Å². The molecule has 0 spiro atoms. The quantitative estimate of drug-likeness (QED) is 0.449. The summed E-state index contributed by atoms with van der Waals surface area (Å²) in [6.45, 7) is 0. The standard InChI is InChI=1S/C17H10BrClF3N3O2S/c18-11-4-1-9(2-5-11)15-24-25-16(27-15)28-8-14(26)23-13-7-10(17(20,21)22)3-6-12(13)19/h1-7H,8H2,(H,23,26). The molecule has 0 bridgehead atoms. The van der Waals surface area contributed by atoms with Crippen LogP contribution in [0.5, 0.6) is 0 Å². The first-order chi connectivity index (χ1) is 13.2. The highest BCUT2D eigenvalue weighted by atomic mass is 79.9. The molecule has 1 N–H and O–H groups in total. The van der Waals surface area contributed by atoms with E-state index in [1.165, 1.54) is 0 Å². The maximum Gasteiger partial charge on any atom is 0.416 e. The van der Waals surface area contributed by atoms with Gasteiger partial charge in [0, 0.05) is 10.0 Å². The molecule has 0 fully saturated rings. The summed E-state index contributed by atoms with van der Waals surface area (Å²) in [5, 5.41) is 10.2. The molecule has 0 atom stereocenters. The summed E-state index contributed by atoms with van der Waals surface area (Å²) in [5.41, 5.74) is -0.318. The van der Waals surface area contributed by atoms with E-state index in [-0.39, 0.29) is 27.6 Å². The number of hydrogen-bond donors (Lipinski definition) is 1. The lowest BCUT2D eigenvalue weighted by molar-refractivity contribution is -0.137. The number of rotatable bonds is 5. The van der Waals surface area contributed by atoms with Gasteiger partial charge in [0.15, 0.2) is 0 Å². The fraction of sp³-hybridized carbons (Fsp3) is 0.118. The Morgan fingerprint density at radius 1 is 1.18 bits per heavy atom. The molecule has 0 aliphatic heterocycles. The van der Waals surface area contributed by atoms with Gasteiger partial charge in [0.2, 0.25) is 11.8 Å². The van der Waals surface area contributed by atoms with E-state index in [4.69, 9.17) is 16.0 Å². The summed E-state index contributed by atoms with van der Waals surface area (Å²) >= 11 is 10.1. The number of amides is 1. The van der Waals surface area contributed by atoms with Crippen LogP contribution in [-0.4, -0.2) is 21.9 Å². The molecule has 0 aliphatic carbocycles. The van der Waals surface area contributed by atoms with E-state index < -0.39 is 17.6 Å². The third-order valence-electron chi connectivity index (χ3n) is 3.39. The monoisotopic (exact) mass is 491 g/mol. The Bertz CT molecular complexity index is 996. The maximum atomic E-state index is 12.8. The van der Waals surface area contributed by atoms with Gasteiger partial charge in [-0.2, -0.15) is 13.2 Å². The van der Waals surface area contributed by atoms with E-state index in [0.717, 1.165) is 34.4 Å². The topological polar surface area (TPSA) is 68.0 Å². The summed E-state index contributed by atoms with van der Waals surface area (Å²) in [5.74, 6) is -0.417. The minimum Gasteiger partial charge on any atom is -0.411 e. The Hall–Kier alpha value is -2.04. The number of benzene rings is 2. The van der Waals surface area contributed by atoms with Gasteiger partial charge in [0.25, 0.3) is 5.22 Å². The van der Waals surface area contributed by atoms with Crippen molar-refractivity contribution in [1.29, 1.82) is 0 Å². The number of aromatic nitrogens is 2. The molecule has 3 aromatic rings. The van der Waals surface area contributed by atoms with E-state index in [0.29, 0.717) is 5.56 Å². The molecule has 5 nitrogen and oxygen atoms in total. The zero-order chi connectivity index (χ0) is 20.3. The van der Waals surface area contributed by atoms with Gasteiger partial charge < -0.3 is 9.73 Å². The predicted molar refractivity (Wildman–Crippen MR) is 103 cm³/mol. The molecule has 1 amide bonds. The van der Waals surface area contributed by atoms with Crippen LogP contribution in [0.15, 0.2) is 56.6 Å². The van der Waals surface area contributed by atoms with E-state index in [2.05, 4.69) is 31.4 Å². The lowest BCUT2D eigenvalue weighted by Crippen LogP contribution is -2.15. The average Bonchev–Trinajstić information content (AvgIpc) is 3.10. The second-order valence-corrected chi connectivity index (χ2v) is 7.66.